The maximum Gasteiger partial charge on any atom is 0.265 e. The number of methoxy groups -OCH3 is 1. The third-order valence-electron chi connectivity index (χ3n) is 4.84. The van der Waals surface area contributed by atoms with Gasteiger partial charge < -0.3 is 24.4 Å². The summed E-state index contributed by atoms with van der Waals surface area (Å²) in [7, 11) is 1.61. The fraction of sp³-hybridized carbons (Fsp3) is 0.167. The molecule has 2 amide bonds. The van der Waals surface area contributed by atoms with Crippen LogP contribution in [-0.2, 0) is 4.79 Å². The summed E-state index contributed by atoms with van der Waals surface area (Å²) in [4.78, 5) is 26.5. The van der Waals surface area contributed by atoms with Crippen LogP contribution in [0.5, 0.6) is 17.2 Å². The lowest BCUT2D eigenvalue weighted by Crippen LogP contribution is -2.41. The number of hydrogen-bond donors (Lipinski definition) is 1. The minimum atomic E-state index is -0.224. The number of carbonyl (C=O) groups excluding carboxylic acids is 2. The van der Waals surface area contributed by atoms with Crippen LogP contribution in [0.15, 0.2) is 72.8 Å². The van der Waals surface area contributed by atoms with Gasteiger partial charge in [0.1, 0.15) is 23.9 Å². The number of rotatable bonds is 7. The van der Waals surface area contributed by atoms with Crippen molar-refractivity contribution in [1.29, 1.82) is 0 Å². The summed E-state index contributed by atoms with van der Waals surface area (Å²) < 4.78 is 16.4. The average molecular weight is 418 g/mol. The fourth-order valence-electron chi connectivity index (χ4n) is 3.24. The minimum absolute atomic E-state index is 0.0365. The zero-order chi connectivity index (χ0) is 21.6. The second-order valence-electron chi connectivity index (χ2n) is 6.86. The molecule has 4 rings (SSSR count). The molecule has 1 aliphatic heterocycles. The molecule has 3 aromatic rings. The third kappa shape index (κ3) is 4.78. The highest BCUT2D eigenvalue weighted by Crippen LogP contribution is 2.34. The van der Waals surface area contributed by atoms with Crippen molar-refractivity contribution in [1.82, 2.24) is 0 Å². The van der Waals surface area contributed by atoms with Gasteiger partial charge in [0, 0.05) is 11.3 Å². The molecule has 1 heterocycles. The van der Waals surface area contributed by atoms with Crippen LogP contribution in [0.1, 0.15) is 10.4 Å². The van der Waals surface area contributed by atoms with Crippen molar-refractivity contribution in [3.8, 4) is 17.2 Å². The van der Waals surface area contributed by atoms with Gasteiger partial charge in [0.2, 0.25) is 0 Å². The smallest absolute Gasteiger partial charge is 0.265 e. The van der Waals surface area contributed by atoms with Crippen molar-refractivity contribution in [3.05, 3.63) is 78.4 Å². The van der Waals surface area contributed by atoms with Crippen molar-refractivity contribution < 1.29 is 23.8 Å². The number of benzene rings is 3. The van der Waals surface area contributed by atoms with E-state index in [0.29, 0.717) is 41.6 Å². The second-order valence-corrected chi connectivity index (χ2v) is 6.86. The first-order chi connectivity index (χ1) is 15.1. The number of nitrogens with one attached hydrogen (secondary N) is 1. The number of nitrogens with zero attached hydrogens (tertiary/aromatic N) is 1. The minimum Gasteiger partial charge on any atom is -0.497 e. The summed E-state index contributed by atoms with van der Waals surface area (Å²) in [6.07, 6.45) is 0. The normalized spacial score (nSPS) is 12.5. The highest BCUT2D eigenvalue weighted by Gasteiger charge is 2.26. The van der Waals surface area contributed by atoms with E-state index in [0.717, 1.165) is 5.75 Å². The van der Waals surface area contributed by atoms with Crippen LogP contribution in [0.4, 0.5) is 11.4 Å². The van der Waals surface area contributed by atoms with E-state index in [1.165, 1.54) is 0 Å². The Morgan fingerprint density at radius 3 is 2.52 bits per heavy atom. The van der Waals surface area contributed by atoms with E-state index in [2.05, 4.69) is 5.32 Å². The molecular weight excluding hydrogens is 396 g/mol. The third-order valence-corrected chi connectivity index (χ3v) is 4.84. The predicted molar refractivity (Wildman–Crippen MR) is 117 cm³/mol. The monoisotopic (exact) mass is 418 g/mol. The maximum atomic E-state index is 12.5. The van der Waals surface area contributed by atoms with Gasteiger partial charge in [-0.1, -0.05) is 18.2 Å². The van der Waals surface area contributed by atoms with Gasteiger partial charge in [-0.3, -0.25) is 9.59 Å². The number of fused-ring (bicyclic) bond motifs is 1. The Bertz CT molecular complexity index is 1070. The van der Waals surface area contributed by atoms with Crippen LogP contribution in [0.25, 0.3) is 0 Å². The number of hydrogen-bond acceptors (Lipinski definition) is 5. The maximum absolute atomic E-state index is 12.5. The largest absolute Gasteiger partial charge is 0.497 e. The number of anilines is 2. The van der Waals surface area contributed by atoms with Gasteiger partial charge in [0.15, 0.2) is 6.61 Å². The highest BCUT2D eigenvalue weighted by molar-refractivity contribution is 6.05. The molecule has 3 aromatic carbocycles. The van der Waals surface area contributed by atoms with Gasteiger partial charge in [0.05, 0.1) is 19.3 Å². The lowest BCUT2D eigenvalue weighted by Gasteiger charge is -2.29. The first kappa shape index (κ1) is 20.3. The molecule has 0 aliphatic carbocycles. The molecule has 0 aromatic heterocycles. The van der Waals surface area contributed by atoms with E-state index in [1.807, 2.05) is 30.3 Å². The van der Waals surface area contributed by atoms with Gasteiger partial charge >= 0.3 is 0 Å². The standard InChI is InChI=1S/C24H22N2O5/c1-29-19-8-10-20(11-9-19)30-14-13-26-21-15-18(7-12-22(21)31-16-23(26)27)25-24(28)17-5-3-2-4-6-17/h2-12,15H,13-14,16H2,1H3,(H,25,28). The van der Waals surface area contributed by atoms with Gasteiger partial charge in [-0.15, -0.1) is 0 Å². The van der Waals surface area contributed by atoms with Crippen LogP contribution >= 0.6 is 0 Å². The van der Waals surface area contributed by atoms with E-state index < -0.39 is 0 Å². The van der Waals surface area contributed by atoms with Crippen molar-refractivity contribution >= 4 is 23.2 Å². The number of amides is 2. The molecule has 0 spiro atoms. The van der Waals surface area contributed by atoms with Crippen LogP contribution in [0, 0.1) is 0 Å². The Labute approximate surface area is 180 Å². The topological polar surface area (TPSA) is 77.1 Å². The summed E-state index contributed by atoms with van der Waals surface area (Å²) in [6, 6.07) is 21.4. The van der Waals surface area contributed by atoms with E-state index in [-0.39, 0.29) is 18.4 Å². The molecule has 0 bridgehead atoms. The molecule has 7 nitrogen and oxygen atoms in total. The SMILES string of the molecule is COc1ccc(OCCN2C(=O)COc3ccc(NC(=O)c4ccccc4)cc32)cc1. The van der Waals surface area contributed by atoms with Crippen molar-refractivity contribution in [2.24, 2.45) is 0 Å². The molecule has 1 aliphatic rings. The van der Waals surface area contributed by atoms with Gasteiger partial charge in [-0.2, -0.15) is 0 Å². The van der Waals surface area contributed by atoms with Crippen LogP contribution < -0.4 is 24.4 Å². The van der Waals surface area contributed by atoms with Gasteiger partial charge in [-0.05, 0) is 54.6 Å². The molecule has 0 fully saturated rings. The van der Waals surface area contributed by atoms with Crippen molar-refractivity contribution in [2.45, 2.75) is 0 Å². The van der Waals surface area contributed by atoms with Crippen LogP contribution in [0.3, 0.4) is 0 Å². The lowest BCUT2D eigenvalue weighted by molar-refractivity contribution is -0.121. The summed E-state index contributed by atoms with van der Waals surface area (Å²) in [6.45, 7) is 0.612. The Hall–Kier alpha value is -4.00. The average Bonchev–Trinajstić information content (AvgIpc) is 2.81. The fourth-order valence-corrected chi connectivity index (χ4v) is 3.24. The van der Waals surface area contributed by atoms with Crippen molar-refractivity contribution in [3.63, 3.8) is 0 Å². The van der Waals surface area contributed by atoms with Gasteiger partial charge in [0.25, 0.3) is 11.8 Å². The lowest BCUT2D eigenvalue weighted by atomic mass is 10.2. The highest BCUT2D eigenvalue weighted by atomic mass is 16.5. The van der Waals surface area contributed by atoms with Crippen LogP contribution in [-0.4, -0.2) is 38.7 Å². The molecule has 0 saturated heterocycles. The summed E-state index contributed by atoms with van der Waals surface area (Å²) in [5, 5.41) is 2.86. The Balaban J connectivity index is 1.45. The zero-order valence-corrected chi connectivity index (χ0v) is 17.0. The predicted octanol–water partition coefficient (Wildman–Crippen LogP) is 3.75. The number of carbonyl (C=O) groups is 2. The molecular formula is C24H22N2O5. The Morgan fingerprint density at radius 1 is 1.03 bits per heavy atom. The Kier molecular flexibility index (Phi) is 6.03. The molecule has 1 N–H and O–H groups in total. The van der Waals surface area contributed by atoms with Gasteiger partial charge in [-0.25, -0.2) is 0 Å². The molecule has 0 atom stereocenters. The van der Waals surface area contributed by atoms with E-state index in [9.17, 15) is 9.59 Å². The zero-order valence-electron chi connectivity index (χ0n) is 17.0. The second kappa shape index (κ2) is 9.21. The Morgan fingerprint density at radius 2 is 1.77 bits per heavy atom. The number of ether oxygens (including phenoxy) is 3. The molecule has 158 valence electrons. The van der Waals surface area contributed by atoms with Crippen LogP contribution in [0.2, 0.25) is 0 Å². The molecule has 31 heavy (non-hydrogen) atoms. The molecule has 0 saturated carbocycles. The quantitative estimate of drug-likeness (QED) is 0.632. The summed E-state index contributed by atoms with van der Waals surface area (Å²) in [5.74, 6) is 1.62. The summed E-state index contributed by atoms with van der Waals surface area (Å²) >= 11 is 0. The van der Waals surface area contributed by atoms with Crippen molar-refractivity contribution in [2.75, 3.05) is 37.1 Å². The molecule has 0 unspecified atom stereocenters. The molecule has 7 heteroatoms. The first-order valence-corrected chi connectivity index (χ1v) is 9.84. The molecule has 0 radical (unpaired) electrons. The first-order valence-electron chi connectivity index (χ1n) is 9.84. The summed E-state index contributed by atoms with van der Waals surface area (Å²) in [5.41, 5.74) is 1.73. The van der Waals surface area contributed by atoms with E-state index >= 15 is 0 Å². The van der Waals surface area contributed by atoms with E-state index in [4.69, 9.17) is 14.2 Å². The van der Waals surface area contributed by atoms with E-state index in [1.54, 1.807) is 54.5 Å².